The van der Waals surface area contributed by atoms with E-state index < -0.39 is 5.41 Å². The lowest BCUT2D eigenvalue weighted by molar-refractivity contribution is -0.137. The Bertz CT molecular complexity index is 539. The van der Waals surface area contributed by atoms with E-state index in [9.17, 15) is 9.59 Å². The molecule has 1 aromatic rings. The van der Waals surface area contributed by atoms with Crippen molar-refractivity contribution in [3.05, 3.63) is 30.3 Å². The number of para-hydroxylation sites is 1. The molecule has 1 aromatic carbocycles. The maximum Gasteiger partial charge on any atom is 0.293 e. The van der Waals surface area contributed by atoms with Crippen molar-refractivity contribution in [1.29, 1.82) is 0 Å². The highest BCUT2D eigenvalue weighted by Crippen LogP contribution is 2.16. The lowest BCUT2D eigenvalue weighted by Gasteiger charge is -2.27. The van der Waals surface area contributed by atoms with Crippen LogP contribution in [-0.2, 0) is 19.1 Å². The number of aliphatic hydroxyl groups excluding tert-OH is 2. The van der Waals surface area contributed by atoms with Gasteiger partial charge in [0.05, 0.1) is 31.1 Å². The van der Waals surface area contributed by atoms with Crippen molar-refractivity contribution in [1.82, 2.24) is 4.90 Å². The van der Waals surface area contributed by atoms with Gasteiger partial charge in [0.2, 0.25) is 5.91 Å². The number of phenols is 1. The number of hydrogen-bond acceptors (Lipinski definition) is 9. The van der Waals surface area contributed by atoms with E-state index in [1.54, 1.807) is 24.3 Å². The predicted molar refractivity (Wildman–Crippen MR) is 116 cm³/mol. The van der Waals surface area contributed by atoms with E-state index in [2.05, 4.69) is 17.4 Å². The monoisotopic (exact) mass is 449 g/mol. The highest BCUT2D eigenvalue weighted by Gasteiger charge is 2.29. The molecule has 1 fully saturated rings. The third-order valence-corrected chi connectivity index (χ3v) is 4.96. The number of benzene rings is 1. The average molecular weight is 450 g/mol. The predicted octanol–water partition coefficient (Wildman–Crippen LogP) is 1.01. The normalized spacial score (nSPS) is 12.9. The van der Waals surface area contributed by atoms with Crippen LogP contribution in [0, 0.1) is 5.41 Å². The summed E-state index contributed by atoms with van der Waals surface area (Å²) in [5.74, 6) is 3.22. The highest BCUT2D eigenvalue weighted by atomic mass is 32.2. The van der Waals surface area contributed by atoms with Gasteiger partial charge in [0, 0.05) is 25.8 Å². The number of aromatic hydroxyl groups is 1. The minimum Gasteiger partial charge on any atom is -0.508 e. The number of carbonyl (C=O) groups is 2. The third-order valence-electron chi connectivity index (χ3n) is 3.77. The molecule has 1 saturated heterocycles. The molecule has 2 rings (SSSR count). The van der Waals surface area contributed by atoms with Gasteiger partial charge in [-0.15, -0.1) is 11.8 Å². The zero-order valence-corrected chi connectivity index (χ0v) is 18.3. The van der Waals surface area contributed by atoms with Crippen molar-refractivity contribution in [3.8, 4) is 5.75 Å². The number of thioether (sulfide) groups is 1. The average Bonchev–Trinajstić information content (AvgIpc) is 3.28. The van der Waals surface area contributed by atoms with Crippen molar-refractivity contribution < 1.29 is 34.4 Å². The summed E-state index contributed by atoms with van der Waals surface area (Å²) in [5.41, 5.74) is -0.879. The molecule has 0 aliphatic carbocycles. The largest absolute Gasteiger partial charge is 0.508 e. The number of ether oxygens (including phenoxy) is 2. The van der Waals surface area contributed by atoms with Crippen LogP contribution in [0.15, 0.2) is 30.3 Å². The number of methoxy groups -OCH3 is 1. The van der Waals surface area contributed by atoms with Gasteiger partial charge in [0.25, 0.3) is 6.47 Å². The van der Waals surface area contributed by atoms with Crippen molar-refractivity contribution in [3.63, 3.8) is 0 Å². The van der Waals surface area contributed by atoms with E-state index >= 15 is 0 Å². The first-order chi connectivity index (χ1) is 14.0. The molecule has 1 aliphatic rings. The van der Waals surface area contributed by atoms with Crippen LogP contribution in [0.5, 0.6) is 5.75 Å². The van der Waals surface area contributed by atoms with Gasteiger partial charge in [-0.3, -0.25) is 9.59 Å². The summed E-state index contributed by atoms with van der Waals surface area (Å²) >= 11 is 5.81. The molecule has 0 aromatic heterocycles. The summed E-state index contributed by atoms with van der Waals surface area (Å²) in [6.45, 7) is 0.731. The number of hydrogen-bond donors (Lipinski definition) is 4. The molecule has 10 heteroatoms. The Hall–Kier alpha value is -1.46. The summed E-state index contributed by atoms with van der Waals surface area (Å²) in [6, 6.07) is 8.71. The molecular weight excluding hydrogens is 418 g/mol. The van der Waals surface area contributed by atoms with Crippen LogP contribution >= 0.6 is 24.4 Å². The summed E-state index contributed by atoms with van der Waals surface area (Å²) in [5, 5.41) is 26.4. The molecule has 1 amide bonds. The van der Waals surface area contributed by atoms with Gasteiger partial charge < -0.3 is 29.7 Å². The first kappa shape index (κ1) is 27.5. The Morgan fingerprint density at radius 1 is 1.28 bits per heavy atom. The van der Waals surface area contributed by atoms with Gasteiger partial charge in [-0.05, 0) is 17.9 Å². The minimum absolute atomic E-state index is 0.0443. The van der Waals surface area contributed by atoms with Crippen molar-refractivity contribution in [2.24, 2.45) is 5.41 Å². The first-order valence-electron chi connectivity index (χ1n) is 8.95. The number of thiol groups is 1. The van der Waals surface area contributed by atoms with E-state index in [0.29, 0.717) is 17.9 Å². The summed E-state index contributed by atoms with van der Waals surface area (Å²) in [4.78, 5) is 22.9. The SMILES string of the molecule is COCC(CO)(CO)COC=O.O=C(CCS)N1CCSC1.Oc1ccccc1. The summed E-state index contributed by atoms with van der Waals surface area (Å²) < 4.78 is 9.22. The fraction of sp³-hybridized carbons (Fsp3) is 0.579. The van der Waals surface area contributed by atoms with Gasteiger partial charge in [-0.1, -0.05) is 18.2 Å². The quantitative estimate of drug-likeness (QED) is 0.326. The van der Waals surface area contributed by atoms with Crippen molar-refractivity contribution >= 4 is 36.8 Å². The standard InChI is InChI=1S/C7H14O5.C6H11NOS2.C6H6O/c1-11-4-7(2-8,3-9)5-12-6-10;8-6(1-3-9)7-2-4-10-5-7;7-6-4-2-1-3-5-6/h6,8-9H,2-5H2,1H3;9H,1-5H2;1-5,7H. The molecule has 1 heterocycles. The van der Waals surface area contributed by atoms with Crippen molar-refractivity contribution in [2.45, 2.75) is 6.42 Å². The number of carbonyl (C=O) groups excluding carboxylic acids is 2. The van der Waals surface area contributed by atoms with Gasteiger partial charge >= 0.3 is 0 Å². The molecule has 0 radical (unpaired) electrons. The zero-order chi connectivity index (χ0) is 22.0. The summed E-state index contributed by atoms with van der Waals surface area (Å²) in [6.07, 6.45) is 0.587. The number of phenolic OH excluding ortho intramolecular Hbond substituents is 1. The van der Waals surface area contributed by atoms with Crippen molar-refractivity contribution in [2.75, 3.05) is 57.5 Å². The molecule has 0 atom stereocenters. The van der Waals surface area contributed by atoms with Crippen LogP contribution in [0.3, 0.4) is 0 Å². The lowest BCUT2D eigenvalue weighted by Crippen LogP contribution is -2.39. The smallest absolute Gasteiger partial charge is 0.293 e. The van der Waals surface area contributed by atoms with E-state index in [1.807, 2.05) is 22.7 Å². The topological polar surface area (TPSA) is 117 Å². The second kappa shape index (κ2) is 17.4. The maximum atomic E-state index is 11.1. The minimum atomic E-state index is -0.879. The number of aliphatic hydroxyl groups is 2. The molecule has 166 valence electrons. The van der Waals surface area contributed by atoms with Gasteiger partial charge in [0.1, 0.15) is 12.4 Å². The Morgan fingerprint density at radius 2 is 1.93 bits per heavy atom. The second-order valence-corrected chi connectivity index (χ2v) is 7.68. The molecule has 0 bridgehead atoms. The Kier molecular flexibility index (Phi) is 16.5. The maximum absolute atomic E-state index is 11.1. The molecule has 1 aliphatic heterocycles. The lowest BCUT2D eigenvalue weighted by atomic mass is 9.92. The van der Waals surface area contributed by atoms with E-state index in [-0.39, 0.29) is 38.8 Å². The third kappa shape index (κ3) is 12.7. The molecule has 3 N–H and O–H groups in total. The van der Waals surface area contributed by atoms with Crippen LogP contribution in [0.1, 0.15) is 6.42 Å². The number of rotatable bonds is 9. The van der Waals surface area contributed by atoms with Crippen LogP contribution in [0.4, 0.5) is 0 Å². The number of amides is 1. The van der Waals surface area contributed by atoms with Gasteiger partial charge in [-0.25, -0.2) is 0 Å². The van der Waals surface area contributed by atoms with Crippen LogP contribution in [0.25, 0.3) is 0 Å². The van der Waals surface area contributed by atoms with Gasteiger partial charge in [-0.2, -0.15) is 12.6 Å². The van der Waals surface area contributed by atoms with Crippen LogP contribution < -0.4 is 0 Å². The molecule has 0 spiro atoms. The molecule has 0 unspecified atom stereocenters. The molecule has 8 nitrogen and oxygen atoms in total. The van der Waals surface area contributed by atoms with Crippen LogP contribution in [-0.4, -0.2) is 90.1 Å². The van der Waals surface area contributed by atoms with E-state index in [0.717, 1.165) is 18.2 Å². The second-order valence-electron chi connectivity index (χ2n) is 6.16. The number of nitrogens with zero attached hydrogens (tertiary/aromatic N) is 1. The zero-order valence-electron chi connectivity index (χ0n) is 16.6. The fourth-order valence-electron chi connectivity index (χ4n) is 2.08. The van der Waals surface area contributed by atoms with Crippen LogP contribution in [0.2, 0.25) is 0 Å². The van der Waals surface area contributed by atoms with E-state index in [1.165, 1.54) is 7.11 Å². The Labute approximate surface area is 181 Å². The molecule has 0 saturated carbocycles. The first-order valence-corrected chi connectivity index (χ1v) is 10.7. The summed E-state index contributed by atoms with van der Waals surface area (Å²) in [7, 11) is 1.45. The Balaban J connectivity index is 0.000000418. The molecular formula is C19H31NO7S2. The molecule has 29 heavy (non-hydrogen) atoms. The Morgan fingerprint density at radius 3 is 2.31 bits per heavy atom. The van der Waals surface area contributed by atoms with E-state index in [4.69, 9.17) is 20.1 Å². The highest BCUT2D eigenvalue weighted by molar-refractivity contribution is 7.99. The fourth-order valence-corrected chi connectivity index (χ4v) is 3.25. The van der Waals surface area contributed by atoms with Gasteiger partial charge in [0.15, 0.2) is 0 Å².